The molecule has 2 nitrogen and oxygen atoms in total. The lowest BCUT2D eigenvalue weighted by molar-refractivity contribution is 0.0498. The monoisotopic (exact) mass is 278 g/mol. The summed E-state index contributed by atoms with van der Waals surface area (Å²) in [5, 5.41) is 9.48. The largest absolute Gasteiger partial charge is 0.302 e. The highest BCUT2D eigenvalue weighted by molar-refractivity contribution is 4.99. The van der Waals surface area contributed by atoms with Gasteiger partial charge in [-0.3, -0.25) is 0 Å². The molecule has 116 valence electrons. The molecule has 0 N–H and O–H groups in total. The third-order valence-corrected chi connectivity index (χ3v) is 5.29. The minimum atomic E-state index is 0.214. The van der Waals surface area contributed by atoms with Gasteiger partial charge in [0.25, 0.3) is 0 Å². The van der Waals surface area contributed by atoms with Gasteiger partial charge in [0.1, 0.15) is 0 Å². The zero-order valence-electron chi connectivity index (χ0n) is 14.7. The van der Waals surface area contributed by atoms with Gasteiger partial charge in [0.05, 0.1) is 12.0 Å². The van der Waals surface area contributed by atoms with Crippen molar-refractivity contribution < 1.29 is 0 Å². The molecule has 3 atom stereocenters. The molecule has 0 saturated heterocycles. The molecule has 1 rings (SSSR count). The zero-order chi connectivity index (χ0) is 15.6. The van der Waals surface area contributed by atoms with E-state index in [-0.39, 0.29) is 5.92 Å². The Bertz CT molecular complexity index is 345. The van der Waals surface area contributed by atoms with Crippen LogP contribution in [0.1, 0.15) is 67.2 Å². The second-order valence-corrected chi connectivity index (χ2v) is 8.63. The summed E-state index contributed by atoms with van der Waals surface area (Å²) in [7, 11) is 2.21. The van der Waals surface area contributed by atoms with Gasteiger partial charge in [-0.1, -0.05) is 48.0 Å². The van der Waals surface area contributed by atoms with Crippen molar-refractivity contribution in [1.82, 2.24) is 4.90 Å². The molecule has 0 aromatic heterocycles. The van der Waals surface area contributed by atoms with Crippen LogP contribution in [0.4, 0.5) is 0 Å². The smallest absolute Gasteiger partial charge is 0.0672 e. The van der Waals surface area contributed by atoms with E-state index in [1.165, 1.54) is 19.3 Å². The molecule has 1 fully saturated rings. The van der Waals surface area contributed by atoms with Crippen LogP contribution in [-0.4, -0.2) is 24.5 Å². The molecular formula is C18H34N2. The maximum Gasteiger partial charge on any atom is 0.0672 e. The number of nitrogens with zero attached hydrogens (tertiary/aromatic N) is 2. The first kappa shape index (κ1) is 17.5. The van der Waals surface area contributed by atoms with Crippen LogP contribution in [-0.2, 0) is 0 Å². The third-order valence-electron chi connectivity index (χ3n) is 5.29. The number of hydrogen-bond donors (Lipinski definition) is 0. The first-order chi connectivity index (χ1) is 9.10. The van der Waals surface area contributed by atoms with Crippen LogP contribution in [0.3, 0.4) is 0 Å². The van der Waals surface area contributed by atoms with E-state index in [2.05, 4.69) is 59.6 Å². The molecule has 1 aliphatic carbocycles. The highest BCUT2D eigenvalue weighted by Crippen LogP contribution is 2.43. The van der Waals surface area contributed by atoms with Gasteiger partial charge in [-0.25, -0.2) is 0 Å². The number of hydrogen-bond acceptors (Lipinski definition) is 2. The topological polar surface area (TPSA) is 27.0 Å². The molecule has 0 aliphatic heterocycles. The molecule has 1 aliphatic rings. The van der Waals surface area contributed by atoms with Gasteiger partial charge in [0, 0.05) is 12.6 Å². The van der Waals surface area contributed by atoms with Crippen LogP contribution >= 0.6 is 0 Å². The minimum absolute atomic E-state index is 0.214. The van der Waals surface area contributed by atoms with Crippen molar-refractivity contribution in [1.29, 1.82) is 5.26 Å². The molecule has 0 spiro atoms. The van der Waals surface area contributed by atoms with Crippen molar-refractivity contribution in [3.8, 4) is 6.07 Å². The molecule has 2 heteroatoms. The van der Waals surface area contributed by atoms with Crippen molar-refractivity contribution in [3.05, 3.63) is 0 Å². The van der Waals surface area contributed by atoms with Crippen molar-refractivity contribution in [2.45, 2.75) is 73.3 Å². The summed E-state index contributed by atoms with van der Waals surface area (Å²) in [6.07, 6.45) is 4.71. The summed E-state index contributed by atoms with van der Waals surface area (Å²) < 4.78 is 0. The Hall–Kier alpha value is -0.550. The maximum atomic E-state index is 9.48. The van der Waals surface area contributed by atoms with E-state index in [1.807, 2.05) is 0 Å². The Morgan fingerprint density at radius 3 is 2.20 bits per heavy atom. The lowest BCUT2D eigenvalue weighted by Gasteiger charge is -2.45. The molecular weight excluding hydrogens is 244 g/mol. The molecule has 0 aromatic carbocycles. The van der Waals surface area contributed by atoms with E-state index in [0.29, 0.717) is 16.9 Å². The van der Waals surface area contributed by atoms with E-state index in [1.54, 1.807) is 0 Å². The second kappa shape index (κ2) is 6.48. The fourth-order valence-electron chi connectivity index (χ4n) is 3.65. The third kappa shape index (κ3) is 4.48. The quantitative estimate of drug-likeness (QED) is 0.744. The second-order valence-electron chi connectivity index (χ2n) is 8.63. The number of rotatable bonds is 4. The minimum Gasteiger partial charge on any atom is -0.302 e. The highest BCUT2D eigenvalue weighted by Gasteiger charge is 2.39. The van der Waals surface area contributed by atoms with E-state index in [4.69, 9.17) is 0 Å². The maximum absolute atomic E-state index is 9.48. The molecule has 0 bridgehead atoms. The Morgan fingerprint density at radius 2 is 1.75 bits per heavy atom. The molecule has 0 amide bonds. The molecule has 1 saturated carbocycles. The molecule has 3 unspecified atom stereocenters. The van der Waals surface area contributed by atoms with Gasteiger partial charge in [0.2, 0.25) is 0 Å². The van der Waals surface area contributed by atoms with E-state index >= 15 is 0 Å². The Labute approximate surface area is 126 Å². The fraction of sp³-hybridized carbons (Fsp3) is 0.944. The lowest BCUT2D eigenvalue weighted by Crippen LogP contribution is -2.47. The fourth-order valence-corrected chi connectivity index (χ4v) is 3.65. The van der Waals surface area contributed by atoms with Crippen LogP contribution in [0.2, 0.25) is 0 Å². The van der Waals surface area contributed by atoms with Gasteiger partial charge in [-0.2, -0.15) is 5.26 Å². The summed E-state index contributed by atoms with van der Waals surface area (Å²) in [4.78, 5) is 2.45. The van der Waals surface area contributed by atoms with Gasteiger partial charge in [-0.15, -0.1) is 0 Å². The summed E-state index contributed by atoms with van der Waals surface area (Å²) in [5.41, 5.74) is 0.698. The van der Waals surface area contributed by atoms with Gasteiger partial charge in [-0.05, 0) is 43.1 Å². The van der Waals surface area contributed by atoms with E-state index < -0.39 is 0 Å². The van der Waals surface area contributed by atoms with E-state index in [9.17, 15) is 5.26 Å². The van der Waals surface area contributed by atoms with Crippen molar-refractivity contribution in [2.24, 2.45) is 22.7 Å². The van der Waals surface area contributed by atoms with Crippen LogP contribution in [0.15, 0.2) is 0 Å². The Balaban J connectivity index is 2.81. The van der Waals surface area contributed by atoms with Gasteiger partial charge >= 0.3 is 0 Å². The predicted octanol–water partition coefficient (Wildman–Crippen LogP) is 4.71. The summed E-state index contributed by atoms with van der Waals surface area (Å²) in [5.74, 6) is 0.968. The molecule has 20 heavy (non-hydrogen) atoms. The molecule has 0 heterocycles. The summed E-state index contributed by atoms with van der Waals surface area (Å²) >= 11 is 0. The lowest BCUT2D eigenvalue weighted by atomic mass is 9.66. The van der Waals surface area contributed by atoms with E-state index in [0.717, 1.165) is 18.9 Å². The van der Waals surface area contributed by atoms with Gasteiger partial charge < -0.3 is 4.90 Å². The van der Waals surface area contributed by atoms with Crippen molar-refractivity contribution in [2.75, 3.05) is 13.6 Å². The van der Waals surface area contributed by atoms with Crippen molar-refractivity contribution >= 4 is 0 Å². The normalized spacial score (nSPS) is 28.4. The number of nitriles is 1. The average Bonchev–Trinajstić information content (AvgIpc) is 2.35. The standard InChI is InChI=1S/C18H34N2/c1-8-18(5,6)15-10-9-14(12-19)16(11-15)20(7)13-17(2,3)4/h14-16H,8-11,13H2,1-7H3. The SMILES string of the molecule is CCC(C)(C)C1CCC(C#N)C(N(C)CC(C)(C)C)C1. The predicted molar refractivity (Wildman–Crippen MR) is 86.4 cm³/mol. The van der Waals surface area contributed by atoms with Crippen LogP contribution in [0.25, 0.3) is 0 Å². The Morgan fingerprint density at radius 1 is 1.15 bits per heavy atom. The molecule has 0 aromatic rings. The first-order valence-corrected chi connectivity index (χ1v) is 8.20. The Kier molecular flexibility index (Phi) is 5.67. The summed E-state index contributed by atoms with van der Waals surface area (Å²) in [6, 6.07) is 3.00. The summed E-state index contributed by atoms with van der Waals surface area (Å²) in [6.45, 7) is 15.0. The highest BCUT2D eigenvalue weighted by atomic mass is 15.1. The zero-order valence-corrected chi connectivity index (χ0v) is 14.7. The molecule has 0 radical (unpaired) electrons. The average molecular weight is 278 g/mol. The van der Waals surface area contributed by atoms with Crippen LogP contribution in [0.5, 0.6) is 0 Å². The van der Waals surface area contributed by atoms with Gasteiger partial charge in [0.15, 0.2) is 0 Å². The van der Waals surface area contributed by atoms with Crippen molar-refractivity contribution in [3.63, 3.8) is 0 Å². The first-order valence-electron chi connectivity index (χ1n) is 8.20. The van der Waals surface area contributed by atoms with Crippen LogP contribution < -0.4 is 0 Å². The van der Waals surface area contributed by atoms with Crippen LogP contribution in [0, 0.1) is 34.0 Å².